The van der Waals surface area contributed by atoms with Crippen LogP contribution in [0, 0.1) is 0 Å². The molecule has 0 aliphatic rings. The predicted octanol–water partition coefficient (Wildman–Crippen LogP) is 0.409. The molecule has 0 aromatic carbocycles. The quantitative estimate of drug-likeness (QED) is 0.497. The number of aliphatic carboxylic acids is 1. The highest BCUT2D eigenvalue weighted by Gasteiger charge is 2.08. The highest BCUT2D eigenvalue weighted by Crippen LogP contribution is 1.97. The van der Waals surface area contributed by atoms with Crippen molar-refractivity contribution in [2.75, 3.05) is 13.7 Å². The van der Waals surface area contributed by atoms with Gasteiger partial charge in [0.2, 0.25) is 0 Å². The lowest BCUT2D eigenvalue weighted by Crippen LogP contribution is -2.19. The van der Waals surface area contributed by atoms with Crippen molar-refractivity contribution in [3.8, 4) is 0 Å². The number of hydrogen-bond donors (Lipinski definition) is 2. The van der Waals surface area contributed by atoms with Crippen molar-refractivity contribution in [2.45, 2.75) is 19.9 Å². The molecule has 5 nitrogen and oxygen atoms in total. The number of carboxylic acids is 1. The Bertz CT molecular complexity index is 259. The molecular weight excluding hydrogens is 184 g/mol. The SMILES string of the molecule is CO/C(C)=C/C(=NC(C)CN)C(=O)O. The standard InChI is InChI=1S/C9H16N2O3/c1-6(5-10)11-8(9(12)13)4-7(2)14-3/h4,6H,5,10H2,1-3H3,(H,12,13)/b7-4+,11-8?. The van der Waals surface area contributed by atoms with Crippen LogP contribution in [0.1, 0.15) is 13.8 Å². The van der Waals surface area contributed by atoms with Gasteiger partial charge in [-0.05, 0) is 13.8 Å². The summed E-state index contributed by atoms with van der Waals surface area (Å²) in [5.41, 5.74) is 5.29. The fourth-order valence-electron chi connectivity index (χ4n) is 0.696. The Morgan fingerprint density at radius 1 is 1.71 bits per heavy atom. The molecule has 0 saturated heterocycles. The molecule has 0 radical (unpaired) electrons. The lowest BCUT2D eigenvalue weighted by Gasteiger charge is -2.04. The first kappa shape index (κ1) is 12.6. The van der Waals surface area contributed by atoms with E-state index in [0.717, 1.165) is 0 Å². The minimum Gasteiger partial charge on any atom is -0.501 e. The fraction of sp³-hybridized carbons (Fsp3) is 0.556. The first-order valence-electron chi connectivity index (χ1n) is 4.24. The Balaban J connectivity index is 4.78. The number of aliphatic imine (C=N–C) groups is 1. The van der Waals surface area contributed by atoms with Gasteiger partial charge in [-0.3, -0.25) is 4.99 Å². The summed E-state index contributed by atoms with van der Waals surface area (Å²) in [6, 6.07) is -0.206. The van der Waals surface area contributed by atoms with E-state index in [1.54, 1.807) is 13.8 Å². The zero-order valence-electron chi connectivity index (χ0n) is 8.65. The van der Waals surface area contributed by atoms with E-state index in [1.807, 2.05) is 0 Å². The molecule has 3 N–H and O–H groups in total. The summed E-state index contributed by atoms with van der Waals surface area (Å²) in [6.45, 7) is 3.72. The van der Waals surface area contributed by atoms with Crippen LogP contribution in [0.3, 0.4) is 0 Å². The highest BCUT2D eigenvalue weighted by molar-refractivity contribution is 6.40. The average molecular weight is 200 g/mol. The van der Waals surface area contributed by atoms with Crippen LogP contribution in [0.25, 0.3) is 0 Å². The third-order valence-corrected chi connectivity index (χ3v) is 1.58. The van der Waals surface area contributed by atoms with Crippen LogP contribution >= 0.6 is 0 Å². The third-order valence-electron chi connectivity index (χ3n) is 1.58. The second-order valence-corrected chi connectivity index (χ2v) is 2.86. The van der Waals surface area contributed by atoms with E-state index < -0.39 is 5.97 Å². The van der Waals surface area contributed by atoms with Gasteiger partial charge < -0.3 is 15.6 Å². The molecule has 14 heavy (non-hydrogen) atoms. The van der Waals surface area contributed by atoms with Crippen molar-refractivity contribution < 1.29 is 14.6 Å². The number of hydrogen-bond acceptors (Lipinski definition) is 4. The smallest absolute Gasteiger partial charge is 0.354 e. The second-order valence-electron chi connectivity index (χ2n) is 2.86. The van der Waals surface area contributed by atoms with E-state index in [-0.39, 0.29) is 11.8 Å². The molecule has 1 atom stereocenters. The van der Waals surface area contributed by atoms with Crippen molar-refractivity contribution in [1.82, 2.24) is 0 Å². The summed E-state index contributed by atoms with van der Waals surface area (Å²) in [5, 5.41) is 8.79. The summed E-state index contributed by atoms with van der Waals surface area (Å²) >= 11 is 0. The topological polar surface area (TPSA) is 84.9 Å². The van der Waals surface area contributed by atoms with Gasteiger partial charge in [-0.2, -0.15) is 0 Å². The first-order chi connectivity index (χ1) is 6.51. The maximum atomic E-state index is 10.7. The molecule has 0 bridgehead atoms. The number of rotatable bonds is 5. The lowest BCUT2D eigenvalue weighted by molar-refractivity contribution is -0.129. The maximum Gasteiger partial charge on any atom is 0.354 e. The van der Waals surface area contributed by atoms with Crippen LogP contribution in [0.15, 0.2) is 16.8 Å². The summed E-state index contributed by atoms with van der Waals surface area (Å²) in [5.74, 6) is -0.586. The molecule has 0 fully saturated rings. The van der Waals surface area contributed by atoms with E-state index in [2.05, 4.69) is 4.99 Å². The third kappa shape index (κ3) is 4.61. The zero-order valence-corrected chi connectivity index (χ0v) is 8.65. The highest BCUT2D eigenvalue weighted by atomic mass is 16.5. The van der Waals surface area contributed by atoms with E-state index in [0.29, 0.717) is 12.3 Å². The molecule has 80 valence electrons. The Kier molecular flexibility index (Phi) is 5.55. The minimum atomic E-state index is -1.08. The van der Waals surface area contributed by atoms with Gasteiger partial charge in [-0.15, -0.1) is 0 Å². The molecule has 0 aliphatic heterocycles. The van der Waals surface area contributed by atoms with E-state index in [1.165, 1.54) is 13.2 Å². The van der Waals surface area contributed by atoms with Gasteiger partial charge in [0.1, 0.15) is 5.71 Å². The van der Waals surface area contributed by atoms with Crippen molar-refractivity contribution >= 4 is 11.7 Å². The Morgan fingerprint density at radius 2 is 2.29 bits per heavy atom. The molecule has 0 saturated carbocycles. The summed E-state index contributed by atoms with van der Waals surface area (Å²) in [6.07, 6.45) is 1.37. The normalized spacial score (nSPS) is 15.1. The predicted molar refractivity (Wildman–Crippen MR) is 54.4 cm³/mol. The van der Waals surface area contributed by atoms with Crippen LogP contribution in [-0.4, -0.2) is 36.5 Å². The fourth-order valence-corrected chi connectivity index (χ4v) is 0.696. The molecule has 0 aliphatic carbocycles. The molecule has 0 aromatic rings. The largest absolute Gasteiger partial charge is 0.501 e. The van der Waals surface area contributed by atoms with Crippen LogP contribution < -0.4 is 5.73 Å². The Labute approximate surface area is 83.3 Å². The van der Waals surface area contributed by atoms with Crippen molar-refractivity contribution in [2.24, 2.45) is 10.7 Å². The van der Waals surface area contributed by atoms with Gasteiger partial charge in [0, 0.05) is 12.6 Å². The van der Waals surface area contributed by atoms with Gasteiger partial charge in [0.05, 0.1) is 18.9 Å². The summed E-state index contributed by atoms with van der Waals surface area (Å²) in [7, 11) is 1.47. The number of nitrogens with zero attached hydrogens (tertiary/aromatic N) is 1. The number of ether oxygens (including phenoxy) is 1. The van der Waals surface area contributed by atoms with Gasteiger partial charge in [-0.1, -0.05) is 0 Å². The van der Waals surface area contributed by atoms with Crippen molar-refractivity contribution in [1.29, 1.82) is 0 Å². The molecule has 0 heterocycles. The maximum absolute atomic E-state index is 10.7. The van der Waals surface area contributed by atoms with Gasteiger partial charge in [0.15, 0.2) is 0 Å². The summed E-state index contributed by atoms with van der Waals surface area (Å²) < 4.78 is 4.83. The van der Waals surface area contributed by atoms with Crippen LogP contribution in [-0.2, 0) is 9.53 Å². The number of carboxylic acid groups (broad SMARTS) is 1. The molecular formula is C9H16N2O3. The number of carbonyl (C=O) groups is 1. The monoisotopic (exact) mass is 200 g/mol. The number of methoxy groups -OCH3 is 1. The van der Waals surface area contributed by atoms with Crippen LogP contribution in [0.4, 0.5) is 0 Å². The molecule has 0 amide bonds. The van der Waals surface area contributed by atoms with Gasteiger partial charge in [0.25, 0.3) is 0 Å². The second kappa shape index (κ2) is 6.15. The molecule has 0 spiro atoms. The zero-order chi connectivity index (χ0) is 11.1. The lowest BCUT2D eigenvalue weighted by atomic mass is 10.3. The first-order valence-corrected chi connectivity index (χ1v) is 4.24. The molecule has 1 unspecified atom stereocenters. The molecule has 0 aromatic heterocycles. The number of allylic oxidation sites excluding steroid dienone is 1. The van der Waals surface area contributed by atoms with Crippen molar-refractivity contribution in [3.63, 3.8) is 0 Å². The number of nitrogens with two attached hydrogens (primary N) is 1. The van der Waals surface area contributed by atoms with E-state index in [9.17, 15) is 4.79 Å². The van der Waals surface area contributed by atoms with Crippen LogP contribution in [0.2, 0.25) is 0 Å². The minimum absolute atomic E-state index is 0.0395. The van der Waals surface area contributed by atoms with Gasteiger partial charge in [-0.25, -0.2) is 4.79 Å². The molecule has 0 rings (SSSR count). The Hall–Kier alpha value is -1.36. The van der Waals surface area contributed by atoms with Gasteiger partial charge >= 0.3 is 5.97 Å². The Morgan fingerprint density at radius 3 is 2.64 bits per heavy atom. The molecule has 5 heteroatoms. The summed E-state index contributed by atoms with van der Waals surface area (Å²) in [4.78, 5) is 14.6. The van der Waals surface area contributed by atoms with Crippen molar-refractivity contribution in [3.05, 3.63) is 11.8 Å². The van der Waals surface area contributed by atoms with E-state index >= 15 is 0 Å². The van der Waals surface area contributed by atoms with Crippen LogP contribution in [0.5, 0.6) is 0 Å². The van der Waals surface area contributed by atoms with E-state index in [4.69, 9.17) is 15.6 Å². The average Bonchev–Trinajstić information content (AvgIpc) is 2.16.